The van der Waals surface area contributed by atoms with Crippen molar-refractivity contribution in [1.29, 1.82) is 0 Å². The molecule has 15 heavy (non-hydrogen) atoms. The van der Waals surface area contributed by atoms with Crippen LogP contribution in [-0.2, 0) is 9.63 Å². The van der Waals surface area contributed by atoms with Crippen molar-refractivity contribution in [2.75, 3.05) is 0 Å². The zero-order valence-electron chi connectivity index (χ0n) is 8.64. The van der Waals surface area contributed by atoms with Crippen LogP contribution in [0.3, 0.4) is 0 Å². The molecule has 3 heteroatoms. The summed E-state index contributed by atoms with van der Waals surface area (Å²) in [6.45, 7) is 1.36. The normalized spacial score (nSPS) is 16.2. The predicted molar refractivity (Wildman–Crippen MR) is 57.5 cm³/mol. The Balaban J connectivity index is 2.20. The summed E-state index contributed by atoms with van der Waals surface area (Å²) in [7, 11) is 0. The molecule has 1 aromatic carbocycles. The van der Waals surface area contributed by atoms with Crippen molar-refractivity contribution >= 4 is 11.7 Å². The van der Waals surface area contributed by atoms with Crippen LogP contribution in [-0.4, -0.2) is 11.7 Å². The molecule has 0 heterocycles. The van der Waals surface area contributed by atoms with Crippen molar-refractivity contribution in [1.82, 2.24) is 0 Å². The summed E-state index contributed by atoms with van der Waals surface area (Å²) in [6, 6.07) is 9.85. The highest BCUT2D eigenvalue weighted by molar-refractivity contribution is 6.03. The van der Waals surface area contributed by atoms with E-state index in [2.05, 4.69) is 5.16 Å². The van der Waals surface area contributed by atoms with Gasteiger partial charge < -0.3 is 4.84 Å². The number of nitrogens with zero attached hydrogens (tertiary/aromatic N) is 1. The number of hydrogen-bond acceptors (Lipinski definition) is 3. The van der Waals surface area contributed by atoms with Crippen LogP contribution in [0, 0.1) is 5.92 Å². The number of rotatable bonds is 3. The van der Waals surface area contributed by atoms with E-state index in [4.69, 9.17) is 4.84 Å². The van der Waals surface area contributed by atoms with E-state index in [-0.39, 0.29) is 5.97 Å². The smallest absolute Gasteiger partial charge is 0.318 e. The van der Waals surface area contributed by atoms with Gasteiger partial charge >= 0.3 is 5.97 Å². The molecule has 1 aliphatic rings. The van der Waals surface area contributed by atoms with Gasteiger partial charge in [-0.15, -0.1) is 0 Å². The Morgan fingerprint density at radius 1 is 1.33 bits per heavy atom. The highest BCUT2D eigenvalue weighted by Gasteiger charge is 2.29. The molecule has 0 aliphatic heterocycles. The maximum absolute atomic E-state index is 10.7. The first-order valence-electron chi connectivity index (χ1n) is 5.08. The van der Waals surface area contributed by atoms with E-state index in [0.29, 0.717) is 5.92 Å². The summed E-state index contributed by atoms with van der Waals surface area (Å²) in [5.41, 5.74) is 1.94. The topological polar surface area (TPSA) is 38.7 Å². The van der Waals surface area contributed by atoms with Crippen LogP contribution in [0.2, 0.25) is 0 Å². The molecule has 0 amide bonds. The van der Waals surface area contributed by atoms with E-state index in [0.717, 1.165) is 24.1 Å². The van der Waals surface area contributed by atoms with Gasteiger partial charge in [0.2, 0.25) is 0 Å². The first kappa shape index (κ1) is 9.90. The maximum Gasteiger partial charge on any atom is 0.331 e. The van der Waals surface area contributed by atoms with E-state index >= 15 is 0 Å². The Hall–Kier alpha value is -1.64. The second-order valence-corrected chi connectivity index (χ2v) is 3.70. The SMILES string of the molecule is CC(=O)O/N=C(/c1ccccc1)C1CC1. The largest absolute Gasteiger partial charge is 0.331 e. The first-order chi connectivity index (χ1) is 7.27. The van der Waals surface area contributed by atoms with Gasteiger partial charge in [-0.2, -0.15) is 0 Å². The molecule has 0 aromatic heterocycles. The Bertz CT molecular complexity index is 380. The fourth-order valence-corrected chi connectivity index (χ4v) is 1.44. The lowest BCUT2D eigenvalue weighted by atomic mass is 10.1. The van der Waals surface area contributed by atoms with Crippen LogP contribution >= 0.6 is 0 Å². The summed E-state index contributed by atoms with van der Waals surface area (Å²) in [5.74, 6) is 0.0934. The average Bonchev–Trinajstić information content (AvgIpc) is 3.03. The third-order valence-electron chi connectivity index (χ3n) is 2.31. The number of oxime groups is 1. The summed E-state index contributed by atoms with van der Waals surface area (Å²) in [6.07, 6.45) is 2.27. The Morgan fingerprint density at radius 3 is 2.53 bits per heavy atom. The maximum atomic E-state index is 10.7. The zero-order valence-corrected chi connectivity index (χ0v) is 8.64. The molecule has 0 atom stereocenters. The van der Waals surface area contributed by atoms with Crippen molar-refractivity contribution in [2.24, 2.45) is 11.1 Å². The van der Waals surface area contributed by atoms with Crippen LogP contribution in [0.4, 0.5) is 0 Å². The minimum Gasteiger partial charge on any atom is -0.318 e. The van der Waals surface area contributed by atoms with Crippen LogP contribution < -0.4 is 0 Å². The zero-order chi connectivity index (χ0) is 10.7. The summed E-state index contributed by atoms with van der Waals surface area (Å²) < 4.78 is 0. The number of benzene rings is 1. The van der Waals surface area contributed by atoms with Crippen LogP contribution in [0.15, 0.2) is 35.5 Å². The number of carbonyl (C=O) groups is 1. The van der Waals surface area contributed by atoms with Crippen molar-refractivity contribution in [2.45, 2.75) is 19.8 Å². The highest BCUT2D eigenvalue weighted by Crippen LogP contribution is 2.33. The fraction of sp³-hybridized carbons (Fsp3) is 0.333. The molecule has 1 aromatic rings. The van der Waals surface area contributed by atoms with Crippen molar-refractivity contribution in [3.05, 3.63) is 35.9 Å². The molecule has 0 N–H and O–H groups in total. The third-order valence-corrected chi connectivity index (χ3v) is 2.31. The quantitative estimate of drug-likeness (QED) is 0.429. The molecular weight excluding hydrogens is 190 g/mol. The van der Waals surface area contributed by atoms with Gasteiger partial charge in [0.1, 0.15) is 0 Å². The van der Waals surface area contributed by atoms with E-state index < -0.39 is 0 Å². The van der Waals surface area contributed by atoms with Crippen LogP contribution in [0.25, 0.3) is 0 Å². The molecule has 2 rings (SSSR count). The van der Waals surface area contributed by atoms with Crippen LogP contribution in [0.1, 0.15) is 25.3 Å². The molecule has 1 fully saturated rings. The average molecular weight is 203 g/mol. The van der Waals surface area contributed by atoms with E-state index in [9.17, 15) is 4.79 Å². The lowest BCUT2D eigenvalue weighted by Gasteiger charge is -2.03. The van der Waals surface area contributed by atoms with Gasteiger partial charge in [-0.1, -0.05) is 35.5 Å². The van der Waals surface area contributed by atoms with Gasteiger partial charge in [0.25, 0.3) is 0 Å². The van der Waals surface area contributed by atoms with Gasteiger partial charge in [-0.25, -0.2) is 4.79 Å². The standard InChI is InChI=1S/C12H13NO2/c1-9(14)15-13-12(11-7-8-11)10-5-3-2-4-6-10/h2-6,11H,7-8H2,1H3/b13-12-. The lowest BCUT2D eigenvalue weighted by molar-refractivity contribution is -0.140. The van der Waals surface area contributed by atoms with Crippen molar-refractivity contribution < 1.29 is 9.63 Å². The fourth-order valence-electron chi connectivity index (χ4n) is 1.44. The molecular formula is C12H13NO2. The second kappa shape index (κ2) is 4.26. The Morgan fingerprint density at radius 2 is 2.00 bits per heavy atom. The van der Waals surface area contributed by atoms with Gasteiger partial charge in [0.05, 0.1) is 5.71 Å². The lowest BCUT2D eigenvalue weighted by Crippen LogP contribution is -2.05. The molecule has 0 bridgehead atoms. The summed E-state index contributed by atoms with van der Waals surface area (Å²) in [5, 5.41) is 3.92. The minimum absolute atomic E-state index is 0.371. The van der Waals surface area contributed by atoms with Crippen molar-refractivity contribution in [3.63, 3.8) is 0 Å². The Labute approximate surface area is 88.7 Å². The molecule has 0 spiro atoms. The Kier molecular flexibility index (Phi) is 2.81. The van der Waals surface area contributed by atoms with Crippen molar-refractivity contribution in [3.8, 4) is 0 Å². The third kappa shape index (κ3) is 2.65. The van der Waals surface area contributed by atoms with Gasteiger partial charge in [0.15, 0.2) is 0 Å². The van der Waals surface area contributed by atoms with Gasteiger partial charge in [-0.3, -0.25) is 0 Å². The molecule has 0 radical (unpaired) electrons. The second-order valence-electron chi connectivity index (χ2n) is 3.70. The molecule has 78 valence electrons. The monoisotopic (exact) mass is 203 g/mol. The number of carbonyl (C=O) groups excluding carboxylic acids is 1. The van der Waals surface area contributed by atoms with Gasteiger partial charge in [0, 0.05) is 12.8 Å². The summed E-state index contributed by atoms with van der Waals surface area (Å²) >= 11 is 0. The number of hydrogen-bond donors (Lipinski definition) is 0. The molecule has 3 nitrogen and oxygen atoms in total. The van der Waals surface area contributed by atoms with E-state index in [1.165, 1.54) is 6.92 Å². The molecule has 0 unspecified atom stereocenters. The molecule has 1 saturated carbocycles. The van der Waals surface area contributed by atoms with Gasteiger partial charge in [-0.05, 0) is 18.4 Å². The highest BCUT2D eigenvalue weighted by atomic mass is 16.7. The first-order valence-corrected chi connectivity index (χ1v) is 5.08. The van der Waals surface area contributed by atoms with E-state index in [1.807, 2.05) is 30.3 Å². The minimum atomic E-state index is -0.371. The predicted octanol–water partition coefficient (Wildman–Crippen LogP) is 2.36. The summed E-state index contributed by atoms with van der Waals surface area (Å²) in [4.78, 5) is 15.4. The van der Waals surface area contributed by atoms with E-state index in [1.54, 1.807) is 0 Å². The molecule has 0 saturated heterocycles. The molecule has 1 aliphatic carbocycles. The van der Waals surface area contributed by atoms with Crippen LogP contribution in [0.5, 0.6) is 0 Å².